The summed E-state index contributed by atoms with van der Waals surface area (Å²) in [5.74, 6) is 1.47. The molecule has 0 saturated heterocycles. The minimum absolute atomic E-state index is 0.0253. The first kappa shape index (κ1) is 17.9. The molecule has 0 bridgehead atoms. The molecule has 0 aromatic heterocycles. The van der Waals surface area contributed by atoms with Gasteiger partial charge in [-0.3, -0.25) is 4.79 Å². The van der Waals surface area contributed by atoms with Gasteiger partial charge in [0, 0.05) is 36.3 Å². The molecule has 1 aliphatic heterocycles. The van der Waals surface area contributed by atoms with Crippen molar-refractivity contribution in [2.45, 2.75) is 37.4 Å². The summed E-state index contributed by atoms with van der Waals surface area (Å²) in [5.41, 5.74) is 1.37. The molecule has 3 amide bonds. The quantitative estimate of drug-likeness (QED) is 0.788. The maximum Gasteiger partial charge on any atom is 0.319 e. The number of rotatable bonds is 5. The first-order chi connectivity index (χ1) is 12.1. The Labute approximate surface area is 152 Å². The van der Waals surface area contributed by atoms with Crippen LogP contribution in [-0.4, -0.2) is 43.1 Å². The summed E-state index contributed by atoms with van der Waals surface area (Å²) in [6, 6.07) is 5.08. The fourth-order valence-electron chi connectivity index (χ4n) is 3.15. The molecule has 6 nitrogen and oxygen atoms in total. The molecule has 2 aliphatic rings. The van der Waals surface area contributed by atoms with Gasteiger partial charge in [0.05, 0.1) is 5.69 Å². The summed E-state index contributed by atoms with van der Waals surface area (Å²) >= 11 is 1.96. The zero-order valence-corrected chi connectivity index (χ0v) is 15.4. The van der Waals surface area contributed by atoms with Crippen LogP contribution in [0.2, 0.25) is 0 Å². The highest BCUT2D eigenvalue weighted by molar-refractivity contribution is 7.99. The van der Waals surface area contributed by atoms with Crippen LogP contribution in [0.5, 0.6) is 5.75 Å². The number of fused-ring (bicyclic) bond motifs is 1. The number of thioether (sulfide) groups is 1. The molecule has 0 unspecified atom stereocenters. The SMILES string of the molecule is CN1C(=O)COc2cc(NC(=O)NCCSC3CCCCC3)ccc21. The lowest BCUT2D eigenvalue weighted by Crippen LogP contribution is -2.35. The van der Waals surface area contributed by atoms with Crippen LogP contribution in [0.3, 0.4) is 0 Å². The monoisotopic (exact) mass is 363 g/mol. The van der Waals surface area contributed by atoms with Crippen LogP contribution in [0, 0.1) is 0 Å². The second-order valence-electron chi connectivity index (χ2n) is 6.44. The Morgan fingerprint density at radius 3 is 2.92 bits per heavy atom. The molecule has 0 atom stereocenters. The second-order valence-corrected chi connectivity index (χ2v) is 7.84. The number of carbonyl (C=O) groups is 2. The van der Waals surface area contributed by atoms with Crippen molar-refractivity contribution in [3.05, 3.63) is 18.2 Å². The molecule has 1 aromatic rings. The Morgan fingerprint density at radius 1 is 1.32 bits per heavy atom. The van der Waals surface area contributed by atoms with E-state index in [1.165, 1.54) is 32.1 Å². The minimum Gasteiger partial charge on any atom is -0.481 e. The highest BCUT2D eigenvalue weighted by Crippen LogP contribution is 2.33. The third-order valence-corrected chi connectivity index (χ3v) is 5.98. The Hall–Kier alpha value is -1.89. The normalized spacial score (nSPS) is 17.6. The Bertz CT molecular complexity index is 632. The van der Waals surface area contributed by atoms with Gasteiger partial charge in [-0.2, -0.15) is 11.8 Å². The van der Waals surface area contributed by atoms with Crippen LogP contribution in [0.4, 0.5) is 16.2 Å². The average molecular weight is 363 g/mol. The lowest BCUT2D eigenvalue weighted by molar-refractivity contribution is -0.120. The van der Waals surface area contributed by atoms with Crippen molar-refractivity contribution in [3.8, 4) is 5.75 Å². The zero-order chi connectivity index (χ0) is 17.6. The molecule has 1 fully saturated rings. The summed E-state index contributed by atoms with van der Waals surface area (Å²) < 4.78 is 5.43. The molecule has 7 heteroatoms. The van der Waals surface area contributed by atoms with Gasteiger partial charge < -0.3 is 20.3 Å². The van der Waals surface area contributed by atoms with Gasteiger partial charge in [-0.05, 0) is 25.0 Å². The fourth-order valence-corrected chi connectivity index (χ4v) is 4.37. The van der Waals surface area contributed by atoms with Crippen LogP contribution in [-0.2, 0) is 4.79 Å². The fraction of sp³-hybridized carbons (Fsp3) is 0.556. The van der Waals surface area contributed by atoms with Gasteiger partial charge in [-0.15, -0.1) is 0 Å². The van der Waals surface area contributed by atoms with E-state index in [-0.39, 0.29) is 18.5 Å². The Kier molecular flexibility index (Phi) is 6.07. The number of hydrogen-bond donors (Lipinski definition) is 2. The molecule has 0 spiro atoms. The summed E-state index contributed by atoms with van der Waals surface area (Å²) in [5, 5.41) is 6.46. The van der Waals surface area contributed by atoms with E-state index >= 15 is 0 Å². The summed E-state index contributed by atoms with van der Waals surface area (Å²) in [6.45, 7) is 0.684. The molecular weight excluding hydrogens is 338 g/mol. The van der Waals surface area contributed by atoms with Gasteiger partial charge >= 0.3 is 6.03 Å². The molecule has 136 valence electrons. The summed E-state index contributed by atoms with van der Waals surface area (Å²) in [7, 11) is 1.72. The van der Waals surface area contributed by atoms with E-state index in [9.17, 15) is 9.59 Å². The lowest BCUT2D eigenvalue weighted by Gasteiger charge is -2.26. The largest absolute Gasteiger partial charge is 0.481 e. The minimum atomic E-state index is -0.218. The van der Waals surface area contributed by atoms with E-state index in [0.29, 0.717) is 23.7 Å². The highest BCUT2D eigenvalue weighted by Gasteiger charge is 2.22. The Morgan fingerprint density at radius 2 is 2.12 bits per heavy atom. The van der Waals surface area contributed by atoms with E-state index in [0.717, 1.165) is 11.0 Å². The van der Waals surface area contributed by atoms with Gasteiger partial charge in [0.2, 0.25) is 0 Å². The number of urea groups is 1. The predicted molar refractivity (Wildman–Crippen MR) is 102 cm³/mol. The molecule has 1 aromatic carbocycles. The number of nitrogens with one attached hydrogen (secondary N) is 2. The number of amides is 3. The van der Waals surface area contributed by atoms with E-state index in [4.69, 9.17) is 4.74 Å². The predicted octanol–water partition coefficient (Wildman–Crippen LogP) is 3.23. The van der Waals surface area contributed by atoms with E-state index in [1.807, 2.05) is 11.8 Å². The van der Waals surface area contributed by atoms with Gasteiger partial charge in [-0.1, -0.05) is 19.3 Å². The molecule has 1 aliphatic carbocycles. The first-order valence-corrected chi connectivity index (χ1v) is 9.88. The molecule has 1 saturated carbocycles. The molecule has 25 heavy (non-hydrogen) atoms. The number of nitrogens with zero attached hydrogens (tertiary/aromatic N) is 1. The van der Waals surface area contributed by atoms with E-state index in [2.05, 4.69) is 10.6 Å². The van der Waals surface area contributed by atoms with E-state index in [1.54, 1.807) is 30.1 Å². The maximum atomic E-state index is 12.0. The van der Waals surface area contributed by atoms with Crippen molar-refractivity contribution in [2.75, 3.05) is 36.2 Å². The topological polar surface area (TPSA) is 70.7 Å². The van der Waals surface area contributed by atoms with Crippen molar-refractivity contribution in [1.82, 2.24) is 5.32 Å². The lowest BCUT2D eigenvalue weighted by atomic mass is 10.0. The van der Waals surface area contributed by atoms with Crippen LogP contribution in [0.15, 0.2) is 18.2 Å². The van der Waals surface area contributed by atoms with Crippen molar-refractivity contribution >= 4 is 35.1 Å². The van der Waals surface area contributed by atoms with Crippen LogP contribution in [0.1, 0.15) is 32.1 Å². The van der Waals surface area contributed by atoms with Crippen molar-refractivity contribution in [2.24, 2.45) is 0 Å². The smallest absolute Gasteiger partial charge is 0.319 e. The number of likely N-dealkylation sites (N-methyl/N-ethyl adjacent to an activating group) is 1. The molecule has 0 radical (unpaired) electrons. The number of ether oxygens (including phenoxy) is 1. The average Bonchev–Trinajstić information content (AvgIpc) is 2.63. The van der Waals surface area contributed by atoms with Crippen LogP contribution < -0.4 is 20.3 Å². The summed E-state index contributed by atoms with van der Waals surface area (Å²) in [6.07, 6.45) is 6.66. The number of hydrogen-bond acceptors (Lipinski definition) is 4. The van der Waals surface area contributed by atoms with Crippen molar-refractivity contribution in [1.29, 1.82) is 0 Å². The molecule has 2 N–H and O–H groups in total. The molecular formula is C18H25N3O3S. The van der Waals surface area contributed by atoms with Gasteiger partial charge in [0.15, 0.2) is 6.61 Å². The number of benzene rings is 1. The third kappa shape index (κ3) is 4.81. The summed E-state index contributed by atoms with van der Waals surface area (Å²) in [4.78, 5) is 25.2. The van der Waals surface area contributed by atoms with Gasteiger partial charge in [0.1, 0.15) is 5.75 Å². The van der Waals surface area contributed by atoms with Gasteiger partial charge in [0.25, 0.3) is 5.91 Å². The molecule has 3 rings (SSSR count). The van der Waals surface area contributed by atoms with Crippen LogP contribution in [0.25, 0.3) is 0 Å². The van der Waals surface area contributed by atoms with Crippen molar-refractivity contribution < 1.29 is 14.3 Å². The standard InChI is InChI=1S/C18H25N3O3S/c1-21-15-8-7-13(11-16(15)24-12-17(21)22)20-18(23)19-9-10-25-14-5-3-2-4-6-14/h7-8,11,14H,2-6,9-10,12H2,1H3,(H2,19,20,23). The molecule has 1 heterocycles. The number of anilines is 2. The maximum absolute atomic E-state index is 12.0. The second kappa shape index (κ2) is 8.47. The van der Waals surface area contributed by atoms with Crippen molar-refractivity contribution in [3.63, 3.8) is 0 Å². The zero-order valence-electron chi connectivity index (χ0n) is 14.5. The number of carbonyl (C=O) groups excluding carboxylic acids is 2. The van der Waals surface area contributed by atoms with Gasteiger partial charge in [-0.25, -0.2) is 4.79 Å². The first-order valence-electron chi connectivity index (χ1n) is 8.83. The highest BCUT2D eigenvalue weighted by atomic mass is 32.2. The van der Waals surface area contributed by atoms with E-state index < -0.39 is 0 Å². The van der Waals surface area contributed by atoms with Crippen LogP contribution >= 0.6 is 11.8 Å². The third-order valence-electron chi connectivity index (χ3n) is 4.60. The Balaban J connectivity index is 1.43.